The molecule has 3 saturated carbocycles. The van der Waals surface area contributed by atoms with E-state index in [1.165, 1.54) is 38.2 Å². The molecular weight excluding hydrogens is 249 g/mol. The highest BCUT2D eigenvalue weighted by atomic mass is 19.1. The molecule has 108 valence electrons. The van der Waals surface area contributed by atoms with Crippen LogP contribution >= 0.6 is 0 Å². The van der Waals surface area contributed by atoms with Crippen molar-refractivity contribution in [3.05, 3.63) is 35.6 Å². The van der Waals surface area contributed by atoms with Crippen LogP contribution in [0.15, 0.2) is 24.3 Å². The van der Waals surface area contributed by atoms with Crippen molar-refractivity contribution < 1.29 is 4.39 Å². The number of benzene rings is 1. The molecule has 3 fully saturated rings. The van der Waals surface area contributed by atoms with E-state index in [1.54, 1.807) is 6.07 Å². The lowest BCUT2D eigenvalue weighted by molar-refractivity contribution is 0.209. The first-order valence-electron chi connectivity index (χ1n) is 8.29. The van der Waals surface area contributed by atoms with Gasteiger partial charge >= 0.3 is 0 Å². The molecule has 0 amide bonds. The summed E-state index contributed by atoms with van der Waals surface area (Å²) in [5.74, 6) is 3.94. The third-order valence-electron chi connectivity index (χ3n) is 6.14. The summed E-state index contributed by atoms with van der Waals surface area (Å²) in [6.45, 7) is 0.995. The van der Waals surface area contributed by atoms with Crippen LogP contribution < -0.4 is 5.32 Å². The molecule has 4 rings (SSSR count). The van der Waals surface area contributed by atoms with Gasteiger partial charge in [-0.2, -0.15) is 0 Å². The van der Waals surface area contributed by atoms with Crippen molar-refractivity contribution in [1.29, 1.82) is 0 Å². The van der Waals surface area contributed by atoms with Gasteiger partial charge in [-0.1, -0.05) is 18.6 Å². The Kier molecular flexibility index (Phi) is 3.30. The van der Waals surface area contributed by atoms with Crippen LogP contribution in [0.4, 0.5) is 4.39 Å². The lowest BCUT2D eigenvalue weighted by atomic mass is 9.79. The highest BCUT2D eigenvalue weighted by molar-refractivity contribution is 5.16. The highest BCUT2D eigenvalue weighted by Gasteiger charge is 2.53. The maximum atomic E-state index is 13.1. The van der Waals surface area contributed by atoms with Crippen LogP contribution in [0.1, 0.15) is 37.7 Å². The molecular formula is C18H24FN. The van der Waals surface area contributed by atoms with Crippen molar-refractivity contribution in [3.8, 4) is 0 Å². The zero-order chi connectivity index (χ0) is 13.5. The fraction of sp³-hybridized carbons (Fsp3) is 0.667. The van der Waals surface area contributed by atoms with E-state index >= 15 is 0 Å². The van der Waals surface area contributed by atoms with Crippen LogP contribution in [-0.2, 0) is 6.42 Å². The number of fused-ring (bicyclic) bond motifs is 5. The summed E-state index contributed by atoms with van der Waals surface area (Å²) in [6, 6.07) is 7.76. The molecule has 0 radical (unpaired) electrons. The Morgan fingerprint density at radius 1 is 1.10 bits per heavy atom. The molecule has 3 aliphatic carbocycles. The van der Waals surface area contributed by atoms with Crippen LogP contribution in [0.2, 0.25) is 0 Å². The van der Waals surface area contributed by atoms with Crippen LogP contribution in [-0.4, -0.2) is 12.6 Å². The second-order valence-electron chi connectivity index (χ2n) is 7.09. The topological polar surface area (TPSA) is 12.0 Å². The predicted molar refractivity (Wildman–Crippen MR) is 78.9 cm³/mol. The van der Waals surface area contributed by atoms with Gasteiger partial charge < -0.3 is 5.32 Å². The Labute approximate surface area is 121 Å². The van der Waals surface area contributed by atoms with Crippen molar-refractivity contribution in [3.63, 3.8) is 0 Å². The third kappa shape index (κ3) is 2.18. The zero-order valence-corrected chi connectivity index (χ0v) is 12.0. The number of hydrogen-bond acceptors (Lipinski definition) is 1. The Balaban J connectivity index is 1.31. The van der Waals surface area contributed by atoms with Crippen molar-refractivity contribution >= 4 is 0 Å². The Bertz CT molecular complexity index is 486. The summed E-state index contributed by atoms with van der Waals surface area (Å²) in [6.07, 6.45) is 8.27. The smallest absolute Gasteiger partial charge is 0.123 e. The normalized spacial score (nSPS) is 38.4. The van der Waals surface area contributed by atoms with Gasteiger partial charge in [0.25, 0.3) is 0 Å². The fourth-order valence-electron chi connectivity index (χ4n) is 5.40. The van der Waals surface area contributed by atoms with Gasteiger partial charge in [-0.3, -0.25) is 0 Å². The lowest BCUT2D eigenvalue weighted by Crippen LogP contribution is -2.40. The van der Waals surface area contributed by atoms with Gasteiger partial charge in [0.1, 0.15) is 5.82 Å². The third-order valence-corrected chi connectivity index (χ3v) is 6.14. The number of halogens is 1. The minimum absolute atomic E-state index is 0.115. The largest absolute Gasteiger partial charge is 0.313 e. The molecule has 2 heteroatoms. The second kappa shape index (κ2) is 5.14. The molecule has 5 atom stereocenters. The first-order valence-corrected chi connectivity index (χ1v) is 8.29. The van der Waals surface area contributed by atoms with Gasteiger partial charge in [0, 0.05) is 6.04 Å². The molecule has 0 aliphatic heterocycles. The summed E-state index contributed by atoms with van der Waals surface area (Å²) in [5.41, 5.74) is 1.11. The average molecular weight is 273 g/mol. The van der Waals surface area contributed by atoms with E-state index in [2.05, 4.69) is 5.32 Å². The monoisotopic (exact) mass is 273 g/mol. The van der Waals surface area contributed by atoms with Crippen LogP contribution in [0.25, 0.3) is 0 Å². The predicted octanol–water partition coefficient (Wildman–Crippen LogP) is 3.78. The summed E-state index contributed by atoms with van der Waals surface area (Å²) in [4.78, 5) is 0. The van der Waals surface area contributed by atoms with Gasteiger partial charge in [-0.15, -0.1) is 0 Å². The van der Waals surface area contributed by atoms with Crippen molar-refractivity contribution in [2.24, 2.45) is 23.7 Å². The Hall–Kier alpha value is -0.890. The van der Waals surface area contributed by atoms with E-state index in [9.17, 15) is 4.39 Å². The minimum atomic E-state index is -0.115. The van der Waals surface area contributed by atoms with E-state index in [0.717, 1.165) is 48.2 Å². The van der Waals surface area contributed by atoms with Crippen LogP contribution in [0, 0.1) is 29.5 Å². The highest BCUT2D eigenvalue weighted by Crippen LogP contribution is 2.58. The minimum Gasteiger partial charge on any atom is -0.313 e. The Morgan fingerprint density at radius 2 is 2.00 bits per heavy atom. The molecule has 5 unspecified atom stereocenters. The first-order chi connectivity index (χ1) is 9.81. The summed E-state index contributed by atoms with van der Waals surface area (Å²) in [7, 11) is 0. The van der Waals surface area contributed by atoms with Crippen molar-refractivity contribution in [2.45, 2.75) is 44.6 Å². The standard InChI is InChI=1S/C18H24FN/c19-14-4-1-3-12(9-14)7-8-20-18-11-13-10-17(18)16-6-2-5-15(13)16/h1,3-4,9,13,15-18,20H,2,5-8,10-11H2. The maximum absolute atomic E-state index is 13.1. The second-order valence-corrected chi connectivity index (χ2v) is 7.09. The first kappa shape index (κ1) is 12.8. The molecule has 1 N–H and O–H groups in total. The lowest BCUT2D eigenvalue weighted by Gasteiger charge is -2.32. The van der Waals surface area contributed by atoms with Gasteiger partial charge in [-0.05, 0) is 80.0 Å². The van der Waals surface area contributed by atoms with Crippen molar-refractivity contribution in [1.82, 2.24) is 5.32 Å². The van der Waals surface area contributed by atoms with E-state index < -0.39 is 0 Å². The molecule has 2 bridgehead atoms. The van der Waals surface area contributed by atoms with Crippen LogP contribution in [0.3, 0.4) is 0 Å². The fourth-order valence-corrected chi connectivity index (χ4v) is 5.40. The quantitative estimate of drug-likeness (QED) is 0.880. The molecule has 0 spiro atoms. The summed E-state index contributed by atoms with van der Waals surface area (Å²) < 4.78 is 13.1. The molecule has 0 saturated heterocycles. The van der Waals surface area contributed by atoms with E-state index in [1.807, 2.05) is 12.1 Å². The number of rotatable bonds is 4. The maximum Gasteiger partial charge on any atom is 0.123 e. The molecule has 1 aromatic rings. The molecule has 1 nitrogen and oxygen atoms in total. The van der Waals surface area contributed by atoms with Gasteiger partial charge in [0.05, 0.1) is 0 Å². The number of nitrogens with one attached hydrogen (secondary N) is 1. The molecule has 0 heterocycles. The average Bonchev–Trinajstić information content (AvgIpc) is 3.11. The Morgan fingerprint density at radius 3 is 2.90 bits per heavy atom. The zero-order valence-electron chi connectivity index (χ0n) is 12.0. The summed E-state index contributed by atoms with van der Waals surface area (Å²) >= 11 is 0. The SMILES string of the molecule is Fc1cccc(CCNC2CC3CC2C2CCCC32)c1. The number of hydrogen-bond donors (Lipinski definition) is 1. The van der Waals surface area contributed by atoms with Crippen LogP contribution in [0.5, 0.6) is 0 Å². The van der Waals surface area contributed by atoms with E-state index in [-0.39, 0.29) is 5.82 Å². The molecule has 20 heavy (non-hydrogen) atoms. The van der Waals surface area contributed by atoms with Crippen molar-refractivity contribution in [2.75, 3.05) is 6.54 Å². The molecule has 0 aromatic heterocycles. The van der Waals surface area contributed by atoms with Gasteiger partial charge in [-0.25, -0.2) is 4.39 Å². The van der Waals surface area contributed by atoms with Gasteiger partial charge in [0.2, 0.25) is 0 Å². The van der Waals surface area contributed by atoms with E-state index in [0.29, 0.717) is 0 Å². The molecule has 3 aliphatic rings. The van der Waals surface area contributed by atoms with E-state index in [4.69, 9.17) is 0 Å². The summed E-state index contributed by atoms with van der Waals surface area (Å²) in [5, 5.41) is 3.77. The van der Waals surface area contributed by atoms with Gasteiger partial charge in [0.15, 0.2) is 0 Å². The molecule has 1 aromatic carbocycles.